The van der Waals surface area contributed by atoms with Crippen molar-refractivity contribution in [3.05, 3.63) is 45.6 Å². The lowest BCUT2D eigenvalue weighted by Crippen LogP contribution is -2.28. The summed E-state index contributed by atoms with van der Waals surface area (Å²) in [6, 6.07) is 4.48. The second kappa shape index (κ2) is 10.4. The van der Waals surface area contributed by atoms with E-state index >= 15 is 0 Å². The molecular weight excluding hydrogens is 430 g/mol. The van der Waals surface area contributed by atoms with Crippen molar-refractivity contribution in [2.45, 2.75) is 39.4 Å². The van der Waals surface area contributed by atoms with Crippen LogP contribution in [0.25, 0.3) is 11.0 Å². The van der Waals surface area contributed by atoms with E-state index in [2.05, 4.69) is 39.5 Å². The highest BCUT2D eigenvalue weighted by Crippen LogP contribution is 2.25. The van der Waals surface area contributed by atoms with Crippen molar-refractivity contribution in [3.63, 3.8) is 0 Å². The number of carbonyl (C=O) groups excluding carboxylic acids is 1. The zero-order valence-corrected chi connectivity index (χ0v) is 19.4. The molecule has 2 aromatic heterocycles. The summed E-state index contributed by atoms with van der Waals surface area (Å²) in [5.74, 6) is 1.70. The topological polar surface area (TPSA) is 128 Å². The van der Waals surface area contributed by atoms with Gasteiger partial charge in [-0.1, -0.05) is 38.6 Å². The number of nitro groups is 1. The fourth-order valence-corrected chi connectivity index (χ4v) is 3.73. The molecule has 0 aliphatic carbocycles. The summed E-state index contributed by atoms with van der Waals surface area (Å²) in [5, 5.41) is 23.2. The maximum absolute atomic E-state index is 12.6. The van der Waals surface area contributed by atoms with Gasteiger partial charge in [-0.25, -0.2) is 14.6 Å². The molecule has 0 radical (unpaired) electrons. The number of nitrogens with zero attached hydrogens (tertiary/aromatic N) is 5. The van der Waals surface area contributed by atoms with E-state index in [4.69, 9.17) is 0 Å². The van der Waals surface area contributed by atoms with E-state index in [1.54, 1.807) is 35.6 Å². The Kier molecular flexibility index (Phi) is 7.62. The summed E-state index contributed by atoms with van der Waals surface area (Å²) in [4.78, 5) is 32.5. The van der Waals surface area contributed by atoms with E-state index < -0.39 is 4.92 Å². The maximum Gasteiger partial charge on any atom is 0.273 e. The predicted octanol–water partition coefficient (Wildman–Crippen LogP) is 3.65. The van der Waals surface area contributed by atoms with E-state index in [0.717, 1.165) is 23.5 Å². The molecule has 0 bridgehead atoms. The number of anilines is 1. The molecule has 2 heterocycles. The number of rotatable bonds is 10. The van der Waals surface area contributed by atoms with Gasteiger partial charge in [-0.3, -0.25) is 14.9 Å². The summed E-state index contributed by atoms with van der Waals surface area (Å²) < 4.78 is 1.73. The van der Waals surface area contributed by atoms with Gasteiger partial charge in [-0.15, -0.1) is 0 Å². The van der Waals surface area contributed by atoms with Crippen LogP contribution in [-0.2, 0) is 6.54 Å². The number of hydrogen-bond acceptors (Lipinski definition) is 8. The smallest absolute Gasteiger partial charge is 0.273 e. The number of hydrogen-bond donors (Lipinski definition) is 2. The van der Waals surface area contributed by atoms with Gasteiger partial charge < -0.3 is 10.6 Å². The molecule has 0 aliphatic heterocycles. The Hall–Kier alpha value is -3.21. The number of fused-ring (bicyclic) bond motifs is 1. The number of aromatic nitrogens is 4. The van der Waals surface area contributed by atoms with Crippen molar-refractivity contribution in [1.29, 1.82) is 0 Å². The van der Waals surface area contributed by atoms with Crippen LogP contribution in [0.2, 0.25) is 0 Å². The lowest BCUT2D eigenvalue weighted by Gasteiger charge is -2.11. The van der Waals surface area contributed by atoms with Crippen molar-refractivity contribution >= 4 is 40.2 Å². The van der Waals surface area contributed by atoms with Crippen LogP contribution in [0, 0.1) is 23.0 Å². The molecule has 1 amide bonds. The first-order chi connectivity index (χ1) is 15.3. The number of nitrogens with one attached hydrogen (secondary N) is 2. The minimum absolute atomic E-state index is 0.0743. The van der Waals surface area contributed by atoms with Crippen LogP contribution in [0.4, 0.5) is 11.5 Å². The number of thioether (sulfide) groups is 1. The molecule has 11 heteroatoms. The van der Waals surface area contributed by atoms with Gasteiger partial charge in [0.1, 0.15) is 5.82 Å². The predicted molar refractivity (Wildman–Crippen MR) is 125 cm³/mol. The molecule has 0 unspecified atom stereocenters. The lowest BCUT2D eigenvalue weighted by atomic mass is 10.1. The van der Waals surface area contributed by atoms with Crippen molar-refractivity contribution in [1.82, 2.24) is 25.1 Å². The molecular formula is C21H27N7O3S. The lowest BCUT2D eigenvalue weighted by molar-refractivity contribution is -0.385. The highest BCUT2D eigenvalue weighted by atomic mass is 32.2. The molecule has 2 N–H and O–H groups in total. The first kappa shape index (κ1) is 23.5. The molecule has 0 saturated heterocycles. The zero-order valence-electron chi connectivity index (χ0n) is 18.6. The Bertz CT molecular complexity index is 1130. The summed E-state index contributed by atoms with van der Waals surface area (Å²) in [7, 11) is 0. The highest BCUT2D eigenvalue weighted by molar-refractivity contribution is 7.99. The molecule has 0 spiro atoms. The zero-order chi connectivity index (χ0) is 23.3. The average Bonchev–Trinajstić information content (AvgIpc) is 3.15. The monoisotopic (exact) mass is 457 g/mol. The first-order valence-corrected chi connectivity index (χ1v) is 11.4. The van der Waals surface area contributed by atoms with Gasteiger partial charge in [0.2, 0.25) is 0 Å². The standard InChI is InChI=1S/C21H27N7O3S/c1-5-32-21-25-18(23-11-13(2)3)16-12-24-27(19(16)26-21)10-9-22-20(29)15-7-6-8-17(14(15)4)28(30)31/h6-8,12-13H,5,9-11H2,1-4H3,(H,22,29)(H,23,25,26). The Morgan fingerprint density at radius 2 is 2.09 bits per heavy atom. The number of nitro benzene ring substituents is 1. The molecule has 170 valence electrons. The maximum atomic E-state index is 12.6. The fourth-order valence-electron chi connectivity index (χ4n) is 3.17. The van der Waals surface area contributed by atoms with Crippen molar-refractivity contribution in [2.24, 2.45) is 5.92 Å². The van der Waals surface area contributed by atoms with Crippen LogP contribution in [0.5, 0.6) is 0 Å². The Balaban J connectivity index is 1.76. The van der Waals surface area contributed by atoms with Gasteiger partial charge in [0.25, 0.3) is 11.6 Å². The van der Waals surface area contributed by atoms with E-state index in [1.807, 2.05) is 6.92 Å². The van der Waals surface area contributed by atoms with E-state index in [9.17, 15) is 14.9 Å². The minimum Gasteiger partial charge on any atom is -0.369 e. The average molecular weight is 458 g/mol. The molecule has 32 heavy (non-hydrogen) atoms. The third-order valence-corrected chi connectivity index (χ3v) is 5.51. The second-order valence-electron chi connectivity index (χ2n) is 7.63. The van der Waals surface area contributed by atoms with Crippen LogP contribution in [0.3, 0.4) is 0 Å². The second-order valence-corrected chi connectivity index (χ2v) is 8.86. The number of benzene rings is 1. The third-order valence-electron chi connectivity index (χ3n) is 4.78. The largest absolute Gasteiger partial charge is 0.369 e. The molecule has 10 nitrogen and oxygen atoms in total. The summed E-state index contributed by atoms with van der Waals surface area (Å²) in [6.45, 7) is 9.36. The summed E-state index contributed by atoms with van der Waals surface area (Å²) in [5.41, 5.74) is 1.25. The van der Waals surface area contributed by atoms with E-state index in [1.165, 1.54) is 12.1 Å². The molecule has 0 fully saturated rings. The summed E-state index contributed by atoms with van der Waals surface area (Å²) in [6.07, 6.45) is 1.73. The van der Waals surface area contributed by atoms with Crippen LogP contribution in [0.15, 0.2) is 29.6 Å². The molecule has 3 rings (SSSR count). The van der Waals surface area contributed by atoms with Gasteiger partial charge in [0.05, 0.1) is 23.1 Å². The van der Waals surface area contributed by atoms with Gasteiger partial charge in [-0.05, 0) is 24.7 Å². The van der Waals surface area contributed by atoms with Crippen molar-refractivity contribution in [3.8, 4) is 0 Å². The van der Waals surface area contributed by atoms with E-state index in [0.29, 0.717) is 35.4 Å². The molecule has 3 aromatic rings. The Labute approximate surface area is 190 Å². The van der Waals surface area contributed by atoms with Crippen LogP contribution in [0.1, 0.15) is 36.7 Å². The normalized spacial score (nSPS) is 11.2. The first-order valence-electron chi connectivity index (χ1n) is 10.4. The van der Waals surface area contributed by atoms with Gasteiger partial charge in [-0.2, -0.15) is 5.10 Å². The molecule has 0 atom stereocenters. The quantitative estimate of drug-likeness (QED) is 0.204. The van der Waals surface area contributed by atoms with Crippen LogP contribution < -0.4 is 10.6 Å². The number of amides is 1. The Morgan fingerprint density at radius 3 is 2.78 bits per heavy atom. The minimum atomic E-state index is -0.488. The highest BCUT2D eigenvalue weighted by Gasteiger charge is 2.18. The summed E-state index contributed by atoms with van der Waals surface area (Å²) >= 11 is 1.55. The molecule has 1 aromatic carbocycles. The van der Waals surface area contributed by atoms with Crippen LogP contribution >= 0.6 is 11.8 Å². The molecule has 0 saturated carbocycles. The molecule has 0 aliphatic rings. The van der Waals surface area contributed by atoms with Gasteiger partial charge in [0.15, 0.2) is 10.8 Å². The van der Waals surface area contributed by atoms with E-state index in [-0.39, 0.29) is 17.2 Å². The van der Waals surface area contributed by atoms with Crippen LogP contribution in [-0.4, -0.2) is 49.4 Å². The SMILES string of the molecule is CCSc1nc(NCC(C)C)c2cnn(CCNC(=O)c3cccc([N+](=O)[O-])c3C)c2n1. The van der Waals surface area contributed by atoms with Gasteiger partial charge >= 0.3 is 0 Å². The van der Waals surface area contributed by atoms with Crippen molar-refractivity contribution < 1.29 is 9.72 Å². The number of carbonyl (C=O) groups is 1. The van der Waals surface area contributed by atoms with Gasteiger partial charge in [0, 0.05) is 30.3 Å². The third kappa shape index (κ3) is 5.34. The van der Waals surface area contributed by atoms with Crippen molar-refractivity contribution in [2.75, 3.05) is 24.2 Å². The fraction of sp³-hybridized carbons (Fsp3) is 0.429. The Morgan fingerprint density at radius 1 is 1.31 bits per heavy atom.